The fourth-order valence-electron chi connectivity index (χ4n) is 1.29. The Hall–Kier alpha value is -0.180. The third-order valence-corrected chi connectivity index (χ3v) is 2.19. The van der Waals surface area contributed by atoms with Crippen molar-refractivity contribution in [1.29, 1.82) is 0 Å². The zero-order valence-electron chi connectivity index (χ0n) is 7.76. The second-order valence-corrected chi connectivity index (χ2v) is 3.14. The standard InChI is InChI=1S/C9H18F2O/c1-3-5-6-7(4-2)8(12)9(10)11/h7-9,12H,3-6H2,1-2H3/t7?,8-/m0/s1. The predicted molar refractivity (Wildman–Crippen MR) is 45.3 cm³/mol. The summed E-state index contributed by atoms with van der Waals surface area (Å²) in [4.78, 5) is 0. The van der Waals surface area contributed by atoms with E-state index in [0.29, 0.717) is 12.8 Å². The predicted octanol–water partition coefficient (Wildman–Crippen LogP) is 2.83. The summed E-state index contributed by atoms with van der Waals surface area (Å²) in [6, 6.07) is 0. The van der Waals surface area contributed by atoms with Crippen LogP contribution in [0.4, 0.5) is 8.78 Å². The molecule has 1 N–H and O–H groups in total. The van der Waals surface area contributed by atoms with Crippen LogP contribution < -0.4 is 0 Å². The van der Waals surface area contributed by atoms with Gasteiger partial charge in [-0.05, 0) is 12.3 Å². The summed E-state index contributed by atoms with van der Waals surface area (Å²) in [5.74, 6) is -0.232. The molecule has 12 heavy (non-hydrogen) atoms. The van der Waals surface area contributed by atoms with Crippen molar-refractivity contribution in [3.05, 3.63) is 0 Å². The van der Waals surface area contributed by atoms with Gasteiger partial charge in [-0.2, -0.15) is 0 Å². The molecule has 0 amide bonds. The average molecular weight is 180 g/mol. The fraction of sp³-hybridized carbons (Fsp3) is 1.00. The van der Waals surface area contributed by atoms with Crippen molar-refractivity contribution in [2.75, 3.05) is 0 Å². The minimum absolute atomic E-state index is 0.232. The van der Waals surface area contributed by atoms with Gasteiger partial charge in [0.05, 0.1) is 0 Å². The number of hydrogen-bond donors (Lipinski definition) is 1. The lowest BCUT2D eigenvalue weighted by Gasteiger charge is -2.20. The minimum Gasteiger partial charge on any atom is -0.387 e. The van der Waals surface area contributed by atoms with E-state index in [1.165, 1.54) is 0 Å². The van der Waals surface area contributed by atoms with E-state index in [0.717, 1.165) is 12.8 Å². The van der Waals surface area contributed by atoms with E-state index in [-0.39, 0.29) is 5.92 Å². The highest BCUT2D eigenvalue weighted by molar-refractivity contribution is 4.69. The Morgan fingerprint density at radius 3 is 2.17 bits per heavy atom. The van der Waals surface area contributed by atoms with Crippen molar-refractivity contribution in [1.82, 2.24) is 0 Å². The molecule has 0 heterocycles. The number of rotatable bonds is 6. The van der Waals surface area contributed by atoms with Crippen LogP contribution in [0.25, 0.3) is 0 Å². The third kappa shape index (κ3) is 4.00. The van der Waals surface area contributed by atoms with E-state index < -0.39 is 12.5 Å². The van der Waals surface area contributed by atoms with Gasteiger partial charge in [0.15, 0.2) is 0 Å². The van der Waals surface area contributed by atoms with Crippen molar-refractivity contribution in [2.24, 2.45) is 5.92 Å². The molecule has 0 spiro atoms. The lowest BCUT2D eigenvalue weighted by atomic mass is 9.94. The van der Waals surface area contributed by atoms with Gasteiger partial charge in [-0.15, -0.1) is 0 Å². The van der Waals surface area contributed by atoms with Crippen LogP contribution in [0.3, 0.4) is 0 Å². The first kappa shape index (κ1) is 11.8. The average Bonchev–Trinajstić information content (AvgIpc) is 2.05. The van der Waals surface area contributed by atoms with Crippen molar-refractivity contribution < 1.29 is 13.9 Å². The van der Waals surface area contributed by atoms with E-state index >= 15 is 0 Å². The molecule has 0 aromatic rings. The van der Waals surface area contributed by atoms with Crippen molar-refractivity contribution >= 4 is 0 Å². The van der Waals surface area contributed by atoms with Gasteiger partial charge in [0, 0.05) is 0 Å². The zero-order chi connectivity index (χ0) is 9.56. The Labute approximate surface area is 72.8 Å². The molecule has 0 aromatic carbocycles. The molecule has 0 radical (unpaired) electrons. The maximum atomic E-state index is 12.0. The maximum absolute atomic E-state index is 12.0. The normalized spacial score (nSPS) is 16.5. The summed E-state index contributed by atoms with van der Waals surface area (Å²) >= 11 is 0. The van der Waals surface area contributed by atoms with Crippen molar-refractivity contribution in [3.63, 3.8) is 0 Å². The lowest BCUT2D eigenvalue weighted by Crippen LogP contribution is -2.27. The van der Waals surface area contributed by atoms with Gasteiger partial charge in [0.25, 0.3) is 6.43 Å². The molecule has 74 valence electrons. The Morgan fingerprint density at radius 2 is 1.83 bits per heavy atom. The van der Waals surface area contributed by atoms with Gasteiger partial charge >= 0.3 is 0 Å². The maximum Gasteiger partial charge on any atom is 0.264 e. The number of aliphatic hydroxyl groups excluding tert-OH is 1. The van der Waals surface area contributed by atoms with Gasteiger partial charge in [-0.1, -0.05) is 33.1 Å². The molecular formula is C9H18F2O. The lowest BCUT2D eigenvalue weighted by molar-refractivity contribution is -0.0420. The van der Waals surface area contributed by atoms with E-state index in [2.05, 4.69) is 0 Å². The SMILES string of the molecule is CCCCC(CC)[C@H](O)C(F)F. The van der Waals surface area contributed by atoms with Crippen molar-refractivity contribution in [3.8, 4) is 0 Å². The number of aliphatic hydroxyl groups is 1. The summed E-state index contributed by atoms with van der Waals surface area (Å²) in [6.45, 7) is 3.85. The number of unbranched alkanes of at least 4 members (excludes halogenated alkanes) is 1. The molecule has 0 aliphatic heterocycles. The summed E-state index contributed by atoms with van der Waals surface area (Å²) in [5, 5.41) is 9.06. The zero-order valence-corrected chi connectivity index (χ0v) is 7.76. The molecule has 0 saturated carbocycles. The van der Waals surface area contributed by atoms with Crippen LogP contribution in [-0.2, 0) is 0 Å². The molecule has 0 rings (SSSR count). The van der Waals surface area contributed by atoms with Gasteiger partial charge in [0.1, 0.15) is 6.10 Å². The Balaban J connectivity index is 3.79. The molecule has 2 atom stereocenters. The Morgan fingerprint density at radius 1 is 1.25 bits per heavy atom. The van der Waals surface area contributed by atoms with Crippen LogP contribution in [0, 0.1) is 5.92 Å². The summed E-state index contributed by atoms with van der Waals surface area (Å²) in [6.07, 6.45) is -0.771. The first-order valence-electron chi connectivity index (χ1n) is 4.59. The van der Waals surface area contributed by atoms with Gasteiger partial charge < -0.3 is 5.11 Å². The fourth-order valence-corrected chi connectivity index (χ4v) is 1.29. The molecule has 0 aliphatic carbocycles. The topological polar surface area (TPSA) is 20.2 Å². The van der Waals surface area contributed by atoms with Crippen LogP contribution in [0.15, 0.2) is 0 Å². The molecular weight excluding hydrogens is 162 g/mol. The number of hydrogen-bond acceptors (Lipinski definition) is 1. The third-order valence-electron chi connectivity index (χ3n) is 2.19. The number of halogens is 2. The highest BCUT2D eigenvalue weighted by atomic mass is 19.3. The highest BCUT2D eigenvalue weighted by Gasteiger charge is 2.25. The van der Waals surface area contributed by atoms with E-state index in [4.69, 9.17) is 5.11 Å². The van der Waals surface area contributed by atoms with Crippen LogP contribution in [0.1, 0.15) is 39.5 Å². The molecule has 1 nitrogen and oxygen atoms in total. The molecule has 0 fully saturated rings. The van der Waals surface area contributed by atoms with Gasteiger partial charge in [-0.25, -0.2) is 8.78 Å². The smallest absolute Gasteiger partial charge is 0.264 e. The second-order valence-electron chi connectivity index (χ2n) is 3.14. The monoisotopic (exact) mass is 180 g/mol. The second kappa shape index (κ2) is 6.35. The Kier molecular flexibility index (Phi) is 6.25. The summed E-state index contributed by atoms with van der Waals surface area (Å²) in [5.41, 5.74) is 0. The van der Waals surface area contributed by atoms with Crippen LogP contribution in [0.2, 0.25) is 0 Å². The highest BCUT2D eigenvalue weighted by Crippen LogP contribution is 2.21. The largest absolute Gasteiger partial charge is 0.387 e. The number of alkyl halides is 2. The Bertz CT molecular complexity index is 107. The van der Waals surface area contributed by atoms with E-state index in [1.807, 2.05) is 13.8 Å². The summed E-state index contributed by atoms with van der Waals surface area (Å²) in [7, 11) is 0. The first-order chi connectivity index (χ1) is 5.63. The quantitative estimate of drug-likeness (QED) is 0.666. The van der Waals surface area contributed by atoms with E-state index in [9.17, 15) is 8.78 Å². The molecule has 0 aromatic heterocycles. The summed E-state index contributed by atoms with van der Waals surface area (Å²) < 4.78 is 24.1. The molecule has 1 unspecified atom stereocenters. The molecule has 0 bridgehead atoms. The van der Waals surface area contributed by atoms with Crippen LogP contribution >= 0.6 is 0 Å². The first-order valence-corrected chi connectivity index (χ1v) is 4.59. The van der Waals surface area contributed by atoms with Crippen LogP contribution in [0.5, 0.6) is 0 Å². The van der Waals surface area contributed by atoms with Gasteiger partial charge in [-0.3, -0.25) is 0 Å². The van der Waals surface area contributed by atoms with Gasteiger partial charge in [0.2, 0.25) is 0 Å². The van der Waals surface area contributed by atoms with E-state index in [1.54, 1.807) is 0 Å². The van der Waals surface area contributed by atoms with Crippen LogP contribution in [-0.4, -0.2) is 17.6 Å². The molecule has 0 saturated heterocycles. The molecule has 0 aliphatic rings. The van der Waals surface area contributed by atoms with Crippen molar-refractivity contribution in [2.45, 2.75) is 52.1 Å². The minimum atomic E-state index is -2.59. The molecule has 3 heteroatoms.